The summed E-state index contributed by atoms with van der Waals surface area (Å²) in [6.45, 7) is 5.75. The van der Waals surface area contributed by atoms with Crippen molar-refractivity contribution in [3.8, 4) is 0 Å². The Morgan fingerprint density at radius 3 is 2.30 bits per heavy atom. The second-order valence-electron chi connectivity index (χ2n) is 5.98. The summed E-state index contributed by atoms with van der Waals surface area (Å²) in [6.07, 6.45) is 0.692. The number of hydrogen-bond acceptors (Lipinski definition) is 7. The van der Waals surface area contributed by atoms with Gasteiger partial charge in [0.1, 0.15) is 17.7 Å². The van der Waals surface area contributed by atoms with Gasteiger partial charge in [0.15, 0.2) is 0 Å². The van der Waals surface area contributed by atoms with Gasteiger partial charge in [-0.2, -0.15) is 12.6 Å². The summed E-state index contributed by atoms with van der Waals surface area (Å²) in [7, 11) is 1.30. The van der Waals surface area contributed by atoms with Gasteiger partial charge in [0.25, 0.3) is 0 Å². The normalized spacial score (nSPS) is 18.5. The van der Waals surface area contributed by atoms with E-state index >= 15 is 0 Å². The quantitative estimate of drug-likeness (QED) is 0.511. The summed E-state index contributed by atoms with van der Waals surface area (Å²) in [5, 5.41) is 8.88. The average Bonchev–Trinajstić information content (AvgIpc) is 2.94. The fourth-order valence-electron chi connectivity index (χ4n) is 1.79. The van der Waals surface area contributed by atoms with E-state index in [4.69, 9.17) is 15.6 Å². The second-order valence-corrected chi connectivity index (χ2v) is 6.35. The molecule has 134 valence electrons. The number of thiol groups is 1. The molecular weight excluding hydrogens is 324 g/mol. The Morgan fingerprint density at radius 1 is 1.39 bits per heavy atom. The zero-order valence-electron chi connectivity index (χ0n) is 13.9. The number of nitrogens with zero attached hydrogens (tertiary/aromatic N) is 1. The van der Waals surface area contributed by atoms with Gasteiger partial charge in [-0.3, -0.25) is 9.69 Å². The van der Waals surface area contributed by atoms with Crippen LogP contribution in [0.25, 0.3) is 0 Å². The fourth-order valence-corrected chi connectivity index (χ4v) is 1.94. The number of amides is 1. The van der Waals surface area contributed by atoms with Crippen LogP contribution in [-0.4, -0.2) is 65.1 Å². The molecule has 1 amide bonds. The van der Waals surface area contributed by atoms with E-state index in [1.807, 2.05) is 0 Å². The first kappa shape index (κ1) is 21.5. The van der Waals surface area contributed by atoms with E-state index in [1.54, 1.807) is 20.8 Å². The Kier molecular flexibility index (Phi) is 8.99. The van der Waals surface area contributed by atoms with Gasteiger partial charge in [0, 0.05) is 12.3 Å². The summed E-state index contributed by atoms with van der Waals surface area (Å²) < 4.78 is 9.42. The van der Waals surface area contributed by atoms with Gasteiger partial charge < -0.3 is 20.3 Å². The van der Waals surface area contributed by atoms with Crippen molar-refractivity contribution in [1.29, 1.82) is 0 Å². The van der Waals surface area contributed by atoms with Crippen LogP contribution >= 0.6 is 12.6 Å². The molecule has 9 heteroatoms. The lowest BCUT2D eigenvalue weighted by molar-refractivity contribution is -0.142. The molecule has 1 heterocycles. The van der Waals surface area contributed by atoms with Gasteiger partial charge >= 0.3 is 18.0 Å². The predicted molar refractivity (Wildman–Crippen MR) is 87.4 cm³/mol. The summed E-state index contributed by atoms with van der Waals surface area (Å²) in [5.74, 6) is -1.05. The maximum absolute atomic E-state index is 11.6. The molecule has 8 nitrogen and oxygen atoms in total. The van der Waals surface area contributed by atoms with Crippen molar-refractivity contribution < 1.29 is 29.0 Å². The molecule has 23 heavy (non-hydrogen) atoms. The van der Waals surface area contributed by atoms with Crippen molar-refractivity contribution in [1.82, 2.24) is 4.90 Å². The number of ether oxygens (including phenoxy) is 2. The molecule has 1 aliphatic heterocycles. The SMILES string of the molecule is CC(C)(C)OC(=O)N1CCC[C@H]1C(=O)O.COC(=O)C(N)CS. The zero-order valence-corrected chi connectivity index (χ0v) is 14.8. The van der Waals surface area contributed by atoms with Crippen molar-refractivity contribution in [2.75, 3.05) is 19.4 Å². The van der Waals surface area contributed by atoms with E-state index in [2.05, 4.69) is 17.4 Å². The van der Waals surface area contributed by atoms with Crippen molar-refractivity contribution in [3.05, 3.63) is 0 Å². The van der Waals surface area contributed by atoms with E-state index in [-0.39, 0.29) is 0 Å². The monoisotopic (exact) mass is 350 g/mol. The summed E-state index contributed by atoms with van der Waals surface area (Å²) in [5.41, 5.74) is 4.60. The van der Waals surface area contributed by atoms with Crippen LogP contribution < -0.4 is 5.73 Å². The van der Waals surface area contributed by atoms with E-state index in [0.29, 0.717) is 18.7 Å². The van der Waals surface area contributed by atoms with Crippen LogP contribution in [0, 0.1) is 0 Å². The van der Waals surface area contributed by atoms with Gasteiger partial charge in [-0.15, -0.1) is 0 Å². The molecule has 0 saturated carbocycles. The van der Waals surface area contributed by atoms with Crippen LogP contribution in [0.4, 0.5) is 4.79 Å². The van der Waals surface area contributed by atoms with Crippen LogP contribution in [0.3, 0.4) is 0 Å². The summed E-state index contributed by atoms with van der Waals surface area (Å²) in [6, 6.07) is -1.30. The Balaban J connectivity index is 0.000000515. The van der Waals surface area contributed by atoms with Gasteiger partial charge in [-0.1, -0.05) is 0 Å². The number of esters is 1. The van der Waals surface area contributed by atoms with Gasteiger partial charge in [-0.05, 0) is 33.6 Å². The minimum Gasteiger partial charge on any atom is -0.480 e. The summed E-state index contributed by atoms with van der Waals surface area (Å²) >= 11 is 3.78. The van der Waals surface area contributed by atoms with Crippen molar-refractivity contribution in [3.63, 3.8) is 0 Å². The van der Waals surface area contributed by atoms with Gasteiger partial charge in [0.2, 0.25) is 0 Å². The van der Waals surface area contributed by atoms with Crippen LogP contribution in [-0.2, 0) is 19.1 Å². The molecule has 1 unspecified atom stereocenters. The number of carboxylic acids is 1. The highest BCUT2D eigenvalue weighted by atomic mass is 32.1. The van der Waals surface area contributed by atoms with E-state index in [9.17, 15) is 14.4 Å². The number of methoxy groups -OCH3 is 1. The van der Waals surface area contributed by atoms with Gasteiger partial charge in [-0.25, -0.2) is 9.59 Å². The highest BCUT2D eigenvalue weighted by Gasteiger charge is 2.36. The molecule has 0 aliphatic carbocycles. The Hall–Kier alpha value is -1.48. The number of carbonyl (C=O) groups is 3. The number of carbonyl (C=O) groups excluding carboxylic acids is 2. The smallest absolute Gasteiger partial charge is 0.411 e. The molecule has 2 atom stereocenters. The third-order valence-corrected chi connectivity index (χ3v) is 3.26. The number of hydrogen-bond donors (Lipinski definition) is 3. The van der Waals surface area contributed by atoms with E-state index in [0.717, 1.165) is 6.42 Å². The molecular formula is C14H26N2O6S. The molecule has 0 spiro atoms. The highest BCUT2D eigenvalue weighted by molar-refractivity contribution is 7.80. The topological polar surface area (TPSA) is 119 Å². The van der Waals surface area contributed by atoms with E-state index in [1.165, 1.54) is 12.0 Å². The van der Waals surface area contributed by atoms with Crippen LogP contribution in [0.1, 0.15) is 33.6 Å². The lowest BCUT2D eigenvalue weighted by Crippen LogP contribution is -2.43. The molecule has 1 aliphatic rings. The molecule has 3 N–H and O–H groups in total. The largest absolute Gasteiger partial charge is 0.480 e. The van der Waals surface area contributed by atoms with Crippen molar-refractivity contribution in [2.45, 2.75) is 51.3 Å². The minimum atomic E-state index is -0.960. The first-order chi connectivity index (χ1) is 10.5. The lowest BCUT2D eigenvalue weighted by Gasteiger charge is -2.26. The third-order valence-electron chi connectivity index (χ3n) is 2.87. The molecule has 0 aromatic heterocycles. The standard InChI is InChI=1S/C10H17NO4.C4H9NO2S/c1-10(2,3)15-9(14)11-6-4-5-7(11)8(12)13;1-7-4(6)3(5)2-8/h7H,4-6H2,1-3H3,(H,12,13);3,8H,2,5H2,1H3/t7-;/m0./s1. The maximum atomic E-state index is 11.6. The molecule has 1 rings (SSSR count). The van der Waals surface area contributed by atoms with E-state index < -0.39 is 35.7 Å². The Morgan fingerprint density at radius 2 is 1.96 bits per heavy atom. The predicted octanol–water partition coefficient (Wildman–Crippen LogP) is 0.887. The number of carboxylic acid groups (broad SMARTS) is 1. The Bertz CT molecular complexity index is 424. The molecule has 0 bridgehead atoms. The lowest BCUT2D eigenvalue weighted by atomic mass is 10.2. The maximum Gasteiger partial charge on any atom is 0.411 e. The highest BCUT2D eigenvalue weighted by Crippen LogP contribution is 2.20. The van der Waals surface area contributed by atoms with Gasteiger partial charge in [0.05, 0.1) is 7.11 Å². The van der Waals surface area contributed by atoms with Crippen LogP contribution in [0.2, 0.25) is 0 Å². The number of likely N-dealkylation sites (tertiary alicyclic amines) is 1. The van der Waals surface area contributed by atoms with Crippen molar-refractivity contribution in [2.24, 2.45) is 5.73 Å². The minimum absolute atomic E-state index is 0.326. The molecule has 1 fully saturated rings. The first-order valence-corrected chi connectivity index (χ1v) is 7.83. The summed E-state index contributed by atoms with van der Waals surface area (Å²) in [4.78, 5) is 34.1. The fraction of sp³-hybridized carbons (Fsp3) is 0.786. The first-order valence-electron chi connectivity index (χ1n) is 7.20. The zero-order chi connectivity index (χ0) is 18.2. The van der Waals surface area contributed by atoms with Crippen LogP contribution in [0.5, 0.6) is 0 Å². The number of nitrogens with two attached hydrogens (primary N) is 1. The molecule has 0 aromatic carbocycles. The number of aliphatic carboxylic acids is 1. The third kappa shape index (κ3) is 8.08. The molecule has 0 aromatic rings. The van der Waals surface area contributed by atoms with Crippen LogP contribution in [0.15, 0.2) is 0 Å². The molecule has 1 saturated heterocycles. The Labute approximate surface area is 141 Å². The average molecular weight is 350 g/mol. The molecule has 0 radical (unpaired) electrons. The van der Waals surface area contributed by atoms with Crippen molar-refractivity contribution >= 4 is 30.7 Å². The second kappa shape index (κ2) is 9.61. The number of rotatable bonds is 3.